The first kappa shape index (κ1) is 19.3. The lowest BCUT2D eigenvalue weighted by atomic mass is 9.98. The van der Waals surface area contributed by atoms with Crippen LogP contribution in [0.5, 0.6) is 0 Å². The summed E-state index contributed by atoms with van der Waals surface area (Å²) >= 11 is 0. The summed E-state index contributed by atoms with van der Waals surface area (Å²) in [6.45, 7) is 12.6. The van der Waals surface area contributed by atoms with Crippen LogP contribution in [0.25, 0.3) is 0 Å². The van der Waals surface area contributed by atoms with E-state index >= 15 is 0 Å². The molecule has 0 radical (unpaired) electrons. The Balaban J connectivity index is 1.93. The Kier molecular flexibility index (Phi) is 4.67. The zero-order valence-corrected chi connectivity index (χ0v) is 16.3. The summed E-state index contributed by atoms with van der Waals surface area (Å²) in [5.41, 5.74) is 3.60. The van der Waals surface area contributed by atoms with Gasteiger partial charge in [0.05, 0.1) is 24.4 Å². The molecule has 2 N–H and O–H groups in total. The average molecular weight is 367 g/mol. The molecule has 0 aliphatic carbocycles. The summed E-state index contributed by atoms with van der Waals surface area (Å²) in [6.07, 6.45) is 0.145. The van der Waals surface area contributed by atoms with Crippen LogP contribution in [-0.2, 0) is 18.9 Å². The van der Waals surface area contributed by atoms with Gasteiger partial charge in [-0.25, -0.2) is 4.79 Å². The number of ether oxygens (including phenoxy) is 4. The molecule has 2 fully saturated rings. The van der Waals surface area contributed by atoms with E-state index in [0.717, 1.165) is 0 Å². The molecular formula is C18H29N3O5. The molecule has 1 aromatic heterocycles. The van der Waals surface area contributed by atoms with E-state index in [1.165, 1.54) is 4.57 Å². The molecule has 8 heteroatoms. The van der Waals surface area contributed by atoms with Crippen molar-refractivity contribution in [3.05, 3.63) is 22.7 Å². The van der Waals surface area contributed by atoms with Crippen molar-refractivity contribution >= 4 is 5.82 Å². The van der Waals surface area contributed by atoms with Crippen molar-refractivity contribution in [2.24, 2.45) is 0 Å². The molecule has 2 aliphatic rings. The summed E-state index contributed by atoms with van der Waals surface area (Å²) in [7, 11) is 0. The number of nitrogen functional groups attached to an aromatic ring is 1. The molecule has 2 bridgehead atoms. The highest BCUT2D eigenvalue weighted by Gasteiger charge is 2.64. The Hall–Kier alpha value is -1.48. The Morgan fingerprint density at radius 3 is 2.58 bits per heavy atom. The van der Waals surface area contributed by atoms with Crippen LogP contribution in [0.2, 0.25) is 0 Å². The van der Waals surface area contributed by atoms with Gasteiger partial charge in [-0.2, -0.15) is 4.98 Å². The van der Waals surface area contributed by atoms with Gasteiger partial charge >= 0.3 is 5.69 Å². The highest BCUT2D eigenvalue weighted by atomic mass is 16.7. The number of nitrogens with zero attached hydrogens (tertiary/aromatic N) is 2. The predicted molar refractivity (Wildman–Crippen MR) is 95.8 cm³/mol. The van der Waals surface area contributed by atoms with Crippen LogP contribution in [-0.4, -0.2) is 51.8 Å². The fourth-order valence-electron chi connectivity index (χ4n) is 3.23. The molecule has 0 saturated carbocycles. The minimum Gasteiger partial charge on any atom is -0.383 e. The summed E-state index contributed by atoms with van der Waals surface area (Å²) in [6, 6.07) is 1.56. The van der Waals surface area contributed by atoms with E-state index in [4.69, 9.17) is 24.7 Å². The number of hydrogen-bond acceptors (Lipinski definition) is 7. The Labute approximate surface area is 153 Å². The minimum atomic E-state index is -0.781. The molecular weight excluding hydrogens is 338 g/mol. The van der Waals surface area contributed by atoms with Crippen LogP contribution in [0.1, 0.15) is 47.8 Å². The minimum absolute atomic E-state index is 0.170. The molecule has 8 nitrogen and oxygen atoms in total. The van der Waals surface area contributed by atoms with Gasteiger partial charge in [-0.15, -0.1) is 0 Å². The van der Waals surface area contributed by atoms with Crippen molar-refractivity contribution in [1.29, 1.82) is 0 Å². The molecule has 4 atom stereocenters. The van der Waals surface area contributed by atoms with Crippen molar-refractivity contribution in [2.75, 3.05) is 18.9 Å². The monoisotopic (exact) mass is 367 g/mol. The Morgan fingerprint density at radius 2 is 2.00 bits per heavy atom. The third-order valence-corrected chi connectivity index (χ3v) is 4.33. The predicted octanol–water partition coefficient (Wildman–Crippen LogP) is 1.49. The van der Waals surface area contributed by atoms with Crippen LogP contribution in [0.15, 0.2) is 17.1 Å². The molecule has 0 spiro atoms. The van der Waals surface area contributed by atoms with Crippen molar-refractivity contribution < 1.29 is 18.9 Å². The van der Waals surface area contributed by atoms with Crippen LogP contribution >= 0.6 is 0 Å². The number of anilines is 1. The molecule has 146 valence electrons. The van der Waals surface area contributed by atoms with E-state index in [2.05, 4.69) is 4.98 Å². The first-order chi connectivity index (χ1) is 11.9. The molecule has 26 heavy (non-hydrogen) atoms. The van der Waals surface area contributed by atoms with E-state index in [0.29, 0.717) is 13.2 Å². The summed E-state index contributed by atoms with van der Waals surface area (Å²) < 4.78 is 26.0. The topological polar surface area (TPSA) is 97.8 Å². The fraction of sp³-hybridized carbons (Fsp3) is 0.778. The number of nitrogens with two attached hydrogens (primary N) is 1. The van der Waals surface area contributed by atoms with E-state index in [1.807, 2.05) is 41.5 Å². The third kappa shape index (κ3) is 3.78. The van der Waals surface area contributed by atoms with Crippen molar-refractivity contribution in [1.82, 2.24) is 9.55 Å². The Bertz CT molecular complexity index is 721. The van der Waals surface area contributed by atoms with Gasteiger partial charge in [-0.1, -0.05) is 0 Å². The molecule has 0 amide bonds. The summed E-state index contributed by atoms with van der Waals surface area (Å²) in [4.78, 5) is 16.1. The fourth-order valence-corrected chi connectivity index (χ4v) is 3.23. The van der Waals surface area contributed by atoms with Gasteiger partial charge in [-0.3, -0.25) is 4.57 Å². The lowest BCUT2D eigenvalue weighted by Gasteiger charge is -2.35. The van der Waals surface area contributed by atoms with E-state index in [1.54, 1.807) is 12.3 Å². The SMILES string of the molecule is CC(C)(C)OC[C@@]12CO[C@@H](C1OC(C)(C)C)[C@H](n1ccc(N)nc1=O)O2. The second kappa shape index (κ2) is 6.30. The van der Waals surface area contributed by atoms with Crippen molar-refractivity contribution in [2.45, 2.75) is 76.8 Å². The second-order valence-electron chi connectivity index (χ2n) is 8.94. The highest BCUT2D eigenvalue weighted by molar-refractivity contribution is 5.24. The molecule has 1 aromatic rings. The number of rotatable bonds is 4. The van der Waals surface area contributed by atoms with E-state index < -0.39 is 29.2 Å². The largest absolute Gasteiger partial charge is 0.383 e. The maximum Gasteiger partial charge on any atom is 0.351 e. The highest BCUT2D eigenvalue weighted by Crippen LogP contribution is 2.47. The maximum absolute atomic E-state index is 12.3. The first-order valence-corrected chi connectivity index (χ1v) is 8.86. The van der Waals surface area contributed by atoms with Crippen LogP contribution in [0.3, 0.4) is 0 Å². The van der Waals surface area contributed by atoms with Gasteiger partial charge in [0.2, 0.25) is 0 Å². The van der Waals surface area contributed by atoms with Gasteiger partial charge in [0, 0.05) is 6.20 Å². The zero-order chi connectivity index (χ0) is 19.3. The van der Waals surface area contributed by atoms with Gasteiger partial charge in [0.1, 0.15) is 23.6 Å². The molecule has 2 aliphatic heterocycles. The smallest absolute Gasteiger partial charge is 0.351 e. The number of hydrogen-bond donors (Lipinski definition) is 1. The van der Waals surface area contributed by atoms with Crippen LogP contribution < -0.4 is 11.4 Å². The quantitative estimate of drug-likeness (QED) is 0.861. The van der Waals surface area contributed by atoms with Gasteiger partial charge in [0.25, 0.3) is 0 Å². The van der Waals surface area contributed by atoms with Crippen molar-refractivity contribution in [3.8, 4) is 0 Å². The first-order valence-electron chi connectivity index (χ1n) is 8.86. The average Bonchev–Trinajstić information content (AvgIpc) is 2.95. The van der Waals surface area contributed by atoms with Gasteiger partial charge in [0.15, 0.2) is 6.23 Å². The lowest BCUT2D eigenvalue weighted by molar-refractivity contribution is -0.211. The van der Waals surface area contributed by atoms with Gasteiger partial charge < -0.3 is 24.7 Å². The molecule has 3 rings (SSSR count). The normalized spacial score (nSPS) is 31.5. The lowest BCUT2D eigenvalue weighted by Crippen LogP contribution is -2.50. The zero-order valence-electron chi connectivity index (χ0n) is 16.3. The molecule has 2 saturated heterocycles. The van der Waals surface area contributed by atoms with Crippen molar-refractivity contribution in [3.63, 3.8) is 0 Å². The number of aromatic nitrogens is 2. The summed E-state index contributed by atoms with van der Waals surface area (Å²) in [5, 5.41) is 0. The van der Waals surface area contributed by atoms with Crippen LogP contribution in [0, 0.1) is 0 Å². The van der Waals surface area contributed by atoms with Crippen LogP contribution in [0.4, 0.5) is 5.82 Å². The number of fused-ring (bicyclic) bond motifs is 2. The molecule has 1 unspecified atom stereocenters. The standard InChI is InChI=1S/C18H29N3O5/c1-16(2,3)24-10-18-9-23-12(13(18)25-17(4,5)6)14(26-18)21-8-7-11(19)20-15(21)22/h7-8,12-14H,9-10H2,1-6H3,(H2,19,20,22)/t12-,13?,14+,18-/m0/s1. The van der Waals surface area contributed by atoms with E-state index in [9.17, 15) is 4.79 Å². The van der Waals surface area contributed by atoms with E-state index in [-0.39, 0.29) is 17.5 Å². The molecule has 3 heterocycles. The molecule has 0 aromatic carbocycles. The maximum atomic E-state index is 12.3. The summed E-state index contributed by atoms with van der Waals surface area (Å²) in [5.74, 6) is 0.170. The Morgan fingerprint density at radius 1 is 1.31 bits per heavy atom. The third-order valence-electron chi connectivity index (χ3n) is 4.33. The second-order valence-corrected chi connectivity index (χ2v) is 8.94. The van der Waals surface area contributed by atoms with Gasteiger partial charge in [-0.05, 0) is 47.6 Å².